The average Bonchev–Trinajstić information content (AvgIpc) is 2.41. The zero-order chi connectivity index (χ0) is 14.5. The third-order valence-electron chi connectivity index (χ3n) is 2.85. The number of nitrogens with zero attached hydrogens (tertiary/aromatic N) is 1. The van der Waals surface area contributed by atoms with Crippen LogP contribution in [-0.4, -0.2) is 6.54 Å². The van der Waals surface area contributed by atoms with Crippen molar-refractivity contribution in [3.63, 3.8) is 0 Å². The van der Waals surface area contributed by atoms with Crippen molar-refractivity contribution in [3.8, 4) is 6.07 Å². The van der Waals surface area contributed by atoms with Gasteiger partial charge in [-0.3, -0.25) is 0 Å². The van der Waals surface area contributed by atoms with Crippen molar-refractivity contribution in [1.82, 2.24) is 0 Å². The minimum absolute atomic E-state index is 0.446. The summed E-state index contributed by atoms with van der Waals surface area (Å²) in [6.07, 6.45) is 0.730. The molecule has 0 bridgehead atoms. The summed E-state index contributed by atoms with van der Waals surface area (Å²) >= 11 is 17.9. The standard InChI is InChI=1S/C15H11Cl3N2/c16-11-5-4-10(14(18)8-11)6-7-20-15-3-1-2-13(17)12(15)9-19/h1-5,8,20H,6-7H2. The highest BCUT2D eigenvalue weighted by Crippen LogP contribution is 2.24. The second-order valence-corrected chi connectivity index (χ2v) is 5.44. The lowest BCUT2D eigenvalue weighted by molar-refractivity contribution is 1.02. The molecule has 102 valence electrons. The molecule has 0 heterocycles. The van der Waals surface area contributed by atoms with Gasteiger partial charge in [0.1, 0.15) is 6.07 Å². The molecule has 0 atom stereocenters. The van der Waals surface area contributed by atoms with E-state index < -0.39 is 0 Å². The van der Waals surface area contributed by atoms with E-state index in [1.165, 1.54) is 0 Å². The van der Waals surface area contributed by atoms with E-state index in [4.69, 9.17) is 40.1 Å². The van der Waals surface area contributed by atoms with Gasteiger partial charge < -0.3 is 5.32 Å². The van der Waals surface area contributed by atoms with Crippen LogP contribution in [0.5, 0.6) is 0 Å². The van der Waals surface area contributed by atoms with Crippen LogP contribution in [0.4, 0.5) is 5.69 Å². The summed E-state index contributed by atoms with van der Waals surface area (Å²) in [6, 6.07) is 12.9. The van der Waals surface area contributed by atoms with E-state index in [0.29, 0.717) is 27.2 Å². The minimum atomic E-state index is 0.446. The SMILES string of the molecule is N#Cc1c(Cl)cccc1NCCc1ccc(Cl)cc1Cl. The molecular weight excluding hydrogens is 315 g/mol. The molecule has 2 aromatic carbocycles. The topological polar surface area (TPSA) is 35.8 Å². The fourth-order valence-corrected chi connectivity index (χ4v) is 2.56. The van der Waals surface area contributed by atoms with Crippen LogP contribution in [0, 0.1) is 11.3 Å². The predicted molar refractivity (Wildman–Crippen MR) is 84.8 cm³/mol. The van der Waals surface area contributed by atoms with Crippen LogP contribution in [0.15, 0.2) is 36.4 Å². The van der Waals surface area contributed by atoms with Crippen LogP contribution in [-0.2, 0) is 6.42 Å². The van der Waals surface area contributed by atoms with Gasteiger partial charge in [-0.05, 0) is 36.2 Å². The fraction of sp³-hybridized carbons (Fsp3) is 0.133. The normalized spacial score (nSPS) is 10.1. The summed E-state index contributed by atoms with van der Waals surface area (Å²) in [4.78, 5) is 0. The van der Waals surface area contributed by atoms with E-state index in [2.05, 4.69) is 11.4 Å². The Kier molecular flexibility index (Phi) is 5.14. The summed E-state index contributed by atoms with van der Waals surface area (Å²) in [5, 5.41) is 14.0. The molecule has 20 heavy (non-hydrogen) atoms. The van der Waals surface area contributed by atoms with Gasteiger partial charge in [0.2, 0.25) is 0 Å². The molecule has 0 aliphatic rings. The molecule has 0 radical (unpaired) electrons. The highest BCUT2D eigenvalue weighted by Gasteiger charge is 2.06. The van der Waals surface area contributed by atoms with Crippen LogP contribution in [0.2, 0.25) is 15.1 Å². The summed E-state index contributed by atoms with van der Waals surface area (Å²) in [7, 11) is 0. The molecule has 0 spiro atoms. The average molecular weight is 326 g/mol. The maximum Gasteiger partial charge on any atom is 0.103 e. The van der Waals surface area contributed by atoms with Gasteiger partial charge in [-0.25, -0.2) is 0 Å². The molecular formula is C15H11Cl3N2. The van der Waals surface area contributed by atoms with Gasteiger partial charge in [0.05, 0.1) is 16.3 Å². The van der Waals surface area contributed by atoms with Crippen LogP contribution < -0.4 is 5.32 Å². The zero-order valence-electron chi connectivity index (χ0n) is 10.5. The smallest absolute Gasteiger partial charge is 0.103 e. The van der Waals surface area contributed by atoms with Crippen molar-refractivity contribution in [2.45, 2.75) is 6.42 Å². The molecule has 2 rings (SSSR count). The van der Waals surface area contributed by atoms with Crippen molar-refractivity contribution < 1.29 is 0 Å². The van der Waals surface area contributed by atoms with Gasteiger partial charge in [-0.2, -0.15) is 5.26 Å². The van der Waals surface area contributed by atoms with Gasteiger partial charge in [0.15, 0.2) is 0 Å². The maximum atomic E-state index is 9.08. The lowest BCUT2D eigenvalue weighted by atomic mass is 10.1. The van der Waals surface area contributed by atoms with Crippen LogP contribution in [0.3, 0.4) is 0 Å². The third-order valence-corrected chi connectivity index (χ3v) is 3.75. The highest BCUT2D eigenvalue weighted by molar-refractivity contribution is 6.35. The molecule has 0 aromatic heterocycles. The largest absolute Gasteiger partial charge is 0.384 e. The van der Waals surface area contributed by atoms with E-state index in [0.717, 1.165) is 17.7 Å². The Labute approximate surface area is 132 Å². The zero-order valence-corrected chi connectivity index (χ0v) is 12.7. The molecule has 1 N–H and O–H groups in total. The van der Waals surface area contributed by atoms with E-state index in [-0.39, 0.29) is 0 Å². The summed E-state index contributed by atoms with van der Waals surface area (Å²) < 4.78 is 0. The van der Waals surface area contributed by atoms with Crippen LogP contribution in [0.1, 0.15) is 11.1 Å². The summed E-state index contributed by atoms with van der Waals surface area (Å²) in [5.41, 5.74) is 2.19. The third kappa shape index (κ3) is 3.58. The van der Waals surface area contributed by atoms with Crippen molar-refractivity contribution in [1.29, 1.82) is 5.26 Å². The number of hydrogen-bond donors (Lipinski definition) is 1. The number of nitrogens with one attached hydrogen (secondary N) is 1. The predicted octanol–water partition coefficient (Wildman–Crippen LogP) is 5.17. The van der Waals surface area contributed by atoms with Gasteiger partial charge in [0.25, 0.3) is 0 Å². The van der Waals surface area contributed by atoms with Crippen molar-refractivity contribution in [2.24, 2.45) is 0 Å². The number of halogens is 3. The van der Waals surface area contributed by atoms with E-state index in [1.54, 1.807) is 18.2 Å². The molecule has 2 aromatic rings. The summed E-state index contributed by atoms with van der Waals surface area (Å²) in [5.74, 6) is 0. The molecule has 0 aliphatic carbocycles. The van der Waals surface area contributed by atoms with Gasteiger partial charge >= 0.3 is 0 Å². The van der Waals surface area contributed by atoms with E-state index in [1.807, 2.05) is 18.2 Å². The van der Waals surface area contributed by atoms with Crippen molar-refractivity contribution in [2.75, 3.05) is 11.9 Å². The first kappa shape index (κ1) is 15.0. The number of nitriles is 1. The molecule has 0 saturated heterocycles. The Bertz CT molecular complexity index is 663. The highest BCUT2D eigenvalue weighted by atomic mass is 35.5. The van der Waals surface area contributed by atoms with Gasteiger partial charge in [-0.15, -0.1) is 0 Å². The van der Waals surface area contributed by atoms with Gasteiger partial charge in [-0.1, -0.05) is 46.9 Å². The number of rotatable bonds is 4. The number of anilines is 1. The first-order chi connectivity index (χ1) is 9.61. The lowest BCUT2D eigenvalue weighted by Gasteiger charge is -2.10. The molecule has 0 saturated carbocycles. The molecule has 0 fully saturated rings. The Balaban J connectivity index is 2.03. The lowest BCUT2D eigenvalue weighted by Crippen LogP contribution is -2.06. The van der Waals surface area contributed by atoms with Crippen molar-refractivity contribution >= 4 is 40.5 Å². The first-order valence-corrected chi connectivity index (χ1v) is 7.11. The number of benzene rings is 2. The molecule has 0 aliphatic heterocycles. The van der Waals surface area contributed by atoms with E-state index in [9.17, 15) is 0 Å². The second kappa shape index (κ2) is 6.85. The molecule has 0 amide bonds. The van der Waals surface area contributed by atoms with Gasteiger partial charge in [0, 0.05) is 16.6 Å². The van der Waals surface area contributed by atoms with Crippen LogP contribution in [0.25, 0.3) is 0 Å². The fourth-order valence-electron chi connectivity index (χ4n) is 1.84. The minimum Gasteiger partial charge on any atom is -0.384 e. The quantitative estimate of drug-likeness (QED) is 0.841. The first-order valence-electron chi connectivity index (χ1n) is 5.98. The maximum absolute atomic E-state index is 9.08. The second-order valence-electron chi connectivity index (χ2n) is 4.19. The Hall–Kier alpha value is -1.40. The summed E-state index contributed by atoms with van der Waals surface area (Å²) in [6.45, 7) is 0.649. The van der Waals surface area contributed by atoms with Crippen LogP contribution >= 0.6 is 34.8 Å². The van der Waals surface area contributed by atoms with E-state index >= 15 is 0 Å². The Morgan fingerprint density at radius 3 is 2.55 bits per heavy atom. The Morgan fingerprint density at radius 1 is 1.05 bits per heavy atom. The van der Waals surface area contributed by atoms with Crippen molar-refractivity contribution in [3.05, 3.63) is 62.6 Å². The molecule has 0 unspecified atom stereocenters. The molecule has 5 heteroatoms. The number of hydrogen-bond acceptors (Lipinski definition) is 2. The monoisotopic (exact) mass is 324 g/mol. The Morgan fingerprint density at radius 2 is 1.85 bits per heavy atom. The molecule has 2 nitrogen and oxygen atoms in total.